The number of hydrogen-bond acceptors (Lipinski definition) is 0. The maximum absolute atomic E-state index is 2.39. The van der Waals surface area contributed by atoms with Gasteiger partial charge in [0.2, 0.25) is 0 Å². The van der Waals surface area contributed by atoms with Crippen LogP contribution < -0.4 is 0 Å². The Morgan fingerprint density at radius 1 is 1.17 bits per heavy atom. The third-order valence-electron chi connectivity index (χ3n) is 2.37. The quantitative estimate of drug-likeness (QED) is 0.470. The molecule has 72 valence electrons. The molecular formula is C12H24. The van der Waals surface area contributed by atoms with Gasteiger partial charge in [-0.3, -0.25) is 0 Å². The third-order valence-corrected chi connectivity index (χ3v) is 2.37. The highest BCUT2D eigenvalue weighted by Gasteiger charge is 2.22. The lowest BCUT2D eigenvalue weighted by Gasteiger charge is -2.30. The van der Waals surface area contributed by atoms with Gasteiger partial charge in [-0.2, -0.15) is 0 Å². The normalized spacial score (nSPS) is 22.9. The first-order valence-electron chi connectivity index (χ1n) is 5.27. The van der Waals surface area contributed by atoms with Gasteiger partial charge in [0, 0.05) is 0 Å². The molecule has 0 heterocycles. The van der Waals surface area contributed by atoms with Gasteiger partial charge >= 0.3 is 0 Å². The Bertz CT molecular complexity index is 125. The van der Waals surface area contributed by atoms with E-state index < -0.39 is 0 Å². The standard InChI is InChI=1S/C10H18.C2H6/c1-10(2,3)9-7-5-4-6-8-9;1-2/h5,7,9H,4,6,8H2,1-3H3;1-2H3. The highest BCUT2D eigenvalue weighted by atomic mass is 14.3. The molecule has 0 saturated carbocycles. The molecule has 0 amide bonds. The zero-order chi connectivity index (χ0) is 9.61. The van der Waals surface area contributed by atoms with Crippen LogP contribution in [0.4, 0.5) is 0 Å². The molecule has 0 radical (unpaired) electrons. The van der Waals surface area contributed by atoms with E-state index >= 15 is 0 Å². The van der Waals surface area contributed by atoms with Crippen LogP contribution in [-0.4, -0.2) is 0 Å². The largest absolute Gasteiger partial charge is 0.0882 e. The molecule has 1 unspecified atom stereocenters. The SMILES string of the molecule is CC.CC(C)(C)C1C=CCCC1. The van der Waals surface area contributed by atoms with Crippen LogP contribution in [0.5, 0.6) is 0 Å². The summed E-state index contributed by atoms with van der Waals surface area (Å²) in [7, 11) is 0. The molecule has 0 aromatic heterocycles. The van der Waals surface area contributed by atoms with E-state index in [9.17, 15) is 0 Å². The Balaban J connectivity index is 0.000000561. The zero-order valence-electron chi connectivity index (χ0n) is 9.35. The molecule has 0 N–H and O–H groups in total. The fraction of sp³-hybridized carbons (Fsp3) is 0.833. The Labute approximate surface area is 78.1 Å². The maximum Gasteiger partial charge on any atom is -0.0185 e. The van der Waals surface area contributed by atoms with E-state index in [1.165, 1.54) is 19.3 Å². The number of allylic oxidation sites excluding steroid dienone is 2. The molecule has 0 spiro atoms. The molecule has 1 aliphatic carbocycles. The molecule has 1 rings (SSSR count). The molecule has 0 fully saturated rings. The minimum atomic E-state index is 0.483. The van der Waals surface area contributed by atoms with Gasteiger partial charge in [0.05, 0.1) is 0 Å². The topological polar surface area (TPSA) is 0 Å². The molecule has 1 aliphatic rings. The average Bonchev–Trinajstić information content (AvgIpc) is 2.08. The highest BCUT2D eigenvalue weighted by molar-refractivity contribution is 4.97. The maximum atomic E-state index is 2.39. The number of hydrogen-bond donors (Lipinski definition) is 0. The summed E-state index contributed by atoms with van der Waals surface area (Å²) in [4.78, 5) is 0. The van der Waals surface area contributed by atoms with Gasteiger partial charge < -0.3 is 0 Å². The second kappa shape index (κ2) is 5.40. The van der Waals surface area contributed by atoms with E-state index in [1.54, 1.807) is 0 Å². The molecule has 0 aliphatic heterocycles. The third kappa shape index (κ3) is 3.94. The zero-order valence-corrected chi connectivity index (χ0v) is 9.35. The van der Waals surface area contributed by atoms with Crippen LogP contribution in [0.15, 0.2) is 12.2 Å². The van der Waals surface area contributed by atoms with E-state index in [4.69, 9.17) is 0 Å². The first-order valence-corrected chi connectivity index (χ1v) is 5.27. The van der Waals surface area contributed by atoms with Crippen LogP contribution in [0, 0.1) is 11.3 Å². The van der Waals surface area contributed by atoms with Crippen molar-refractivity contribution >= 4 is 0 Å². The van der Waals surface area contributed by atoms with Gasteiger partial charge in [-0.15, -0.1) is 0 Å². The Morgan fingerprint density at radius 2 is 1.75 bits per heavy atom. The van der Waals surface area contributed by atoms with E-state index in [0.717, 1.165) is 5.92 Å². The van der Waals surface area contributed by atoms with Crippen LogP contribution in [0.3, 0.4) is 0 Å². The Morgan fingerprint density at radius 3 is 2.00 bits per heavy atom. The minimum Gasteiger partial charge on any atom is -0.0882 e. The van der Waals surface area contributed by atoms with Crippen molar-refractivity contribution in [1.29, 1.82) is 0 Å². The van der Waals surface area contributed by atoms with Crippen LogP contribution in [0.2, 0.25) is 0 Å². The summed E-state index contributed by atoms with van der Waals surface area (Å²) in [6, 6.07) is 0. The summed E-state index contributed by atoms with van der Waals surface area (Å²) in [6.45, 7) is 11.0. The predicted molar refractivity (Wildman–Crippen MR) is 57.3 cm³/mol. The van der Waals surface area contributed by atoms with Crippen LogP contribution in [0.1, 0.15) is 53.9 Å². The summed E-state index contributed by atoms with van der Waals surface area (Å²) in [5.41, 5.74) is 0.483. The molecule has 0 aromatic rings. The first kappa shape index (κ1) is 11.7. The molecular weight excluding hydrogens is 144 g/mol. The monoisotopic (exact) mass is 168 g/mol. The molecule has 0 aromatic carbocycles. The summed E-state index contributed by atoms with van der Waals surface area (Å²) < 4.78 is 0. The van der Waals surface area contributed by atoms with Gasteiger partial charge in [-0.25, -0.2) is 0 Å². The lowest BCUT2D eigenvalue weighted by atomic mass is 9.76. The summed E-state index contributed by atoms with van der Waals surface area (Å²) in [6.07, 6.45) is 8.80. The van der Waals surface area contributed by atoms with Crippen molar-refractivity contribution in [2.45, 2.75) is 53.9 Å². The van der Waals surface area contributed by atoms with Gasteiger partial charge in [0.1, 0.15) is 0 Å². The van der Waals surface area contributed by atoms with Crippen molar-refractivity contribution in [3.63, 3.8) is 0 Å². The van der Waals surface area contributed by atoms with Gasteiger partial charge in [-0.1, -0.05) is 46.8 Å². The molecule has 12 heavy (non-hydrogen) atoms. The number of rotatable bonds is 0. The van der Waals surface area contributed by atoms with E-state index in [1.807, 2.05) is 13.8 Å². The highest BCUT2D eigenvalue weighted by Crippen LogP contribution is 2.33. The lowest BCUT2D eigenvalue weighted by molar-refractivity contribution is 0.267. The van der Waals surface area contributed by atoms with Crippen molar-refractivity contribution in [3.8, 4) is 0 Å². The van der Waals surface area contributed by atoms with E-state index in [0.29, 0.717) is 5.41 Å². The van der Waals surface area contributed by atoms with Gasteiger partial charge in [-0.05, 0) is 30.6 Å². The van der Waals surface area contributed by atoms with E-state index in [2.05, 4.69) is 32.9 Å². The van der Waals surface area contributed by atoms with Crippen LogP contribution in [0.25, 0.3) is 0 Å². The molecule has 0 nitrogen and oxygen atoms in total. The molecule has 0 bridgehead atoms. The first-order chi connectivity index (χ1) is 5.61. The minimum absolute atomic E-state index is 0.483. The second-order valence-electron chi connectivity index (χ2n) is 4.33. The van der Waals surface area contributed by atoms with E-state index in [-0.39, 0.29) is 0 Å². The van der Waals surface area contributed by atoms with Crippen molar-refractivity contribution in [2.75, 3.05) is 0 Å². The smallest absolute Gasteiger partial charge is 0.0185 e. The summed E-state index contributed by atoms with van der Waals surface area (Å²) >= 11 is 0. The summed E-state index contributed by atoms with van der Waals surface area (Å²) in [5, 5.41) is 0. The molecule has 0 saturated heterocycles. The Hall–Kier alpha value is -0.260. The van der Waals surface area contributed by atoms with Crippen molar-refractivity contribution in [1.82, 2.24) is 0 Å². The van der Waals surface area contributed by atoms with Crippen molar-refractivity contribution < 1.29 is 0 Å². The average molecular weight is 168 g/mol. The van der Waals surface area contributed by atoms with Crippen LogP contribution in [-0.2, 0) is 0 Å². The predicted octanol–water partition coefficient (Wildman–Crippen LogP) is 4.42. The van der Waals surface area contributed by atoms with Gasteiger partial charge in [0.15, 0.2) is 0 Å². The van der Waals surface area contributed by atoms with Crippen LogP contribution >= 0.6 is 0 Å². The van der Waals surface area contributed by atoms with Crippen molar-refractivity contribution in [2.24, 2.45) is 11.3 Å². The fourth-order valence-corrected chi connectivity index (χ4v) is 1.53. The van der Waals surface area contributed by atoms with Crippen molar-refractivity contribution in [3.05, 3.63) is 12.2 Å². The second-order valence-corrected chi connectivity index (χ2v) is 4.33. The summed E-state index contributed by atoms with van der Waals surface area (Å²) in [5.74, 6) is 0.821. The fourth-order valence-electron chi connectivity index (χ4n) is 1.53. The molecule has 0 heteroatoms. The lowest BCUT2D eigenvalue weighted by Crippen LogP contribution is -2.19. The Kier molecular flexibility index (Phi) is 5.28. The van der Waals surface area contributed by atoms with Gasteiger partial charge in [0.25, 0.3) is 0 Å². The molecule has 1 atom stereocenters.